The lowest BCUT2D eigenvalue weighted by molar-refractivity contribution is 0.220. The Kier molecular flexibility index (Phi) is 4.98. The molecule has 0 bridgehead atoms. The van der Waals surface area contributed by atoms with Crippen LogP contribution in [-0.2, 0) is 0 Å². The van der Waals surface area contributed by atoms with Crippen molar-refractivity contribution in [2.75, 3.05) is 18.5 Å². The summed E-state index contributed by atoms with van der Waals surface area (Å²) >= 11 is 3.43. The van der Waals surface area contributed by atoms with Crippen LogP contribution < -0.4 is 5.32 Å². The number of hydrogen-bond donors (Lipinski definition) is 2. The first-order chi connectivity index (χ1) is 7.98. The van der Waals surface area contributed by atoms with Crippen molar-refractivity contribution in [1.82, 2.24) is 0 Å². The standard InChI is InChI=1S/C13H17BrN2O/c1-13(2,5-6-17)9-16-12-4-3-10(8-15)7-11(12)14/h3-4,7,16-17H,5-6,9H2,1-2H3. The Balaban J connectivity index is 2.67. The number of hydrogen-bond acceptors (Lipinski definition) is 3. The highest BCUT2D eigenvalue weighted by molar-refractivity contribution is 9.10. The maximum Gasteiger partial charge on any atom is 0.0992 e. The minimum absolute atomic E-state index is 0.0437. The molecule has 0 radical (unpaired) electrons. The lowest BCUT2D eigenvalue weighted by Crippen LogP contribution is -2.24. The van der Waals surface area contributed by atoms with Crippen LogP contribution in [0.3, 0.4) is 0 Å². The van der Waals surface area contributed by atoms with Crippen LogP contribution in [0.15, 0.2) is 22.7 Å². The smallest absolute Gasteiger partial charge is 0.0992 e. The zero-order valence-electron chi connectivity index (χ0n) is 10.1. The molecule has 17 heavy (non-hydrogen) atoms. The monoisotopic (exact) mass is 296 g/mol. The molecule has 3 nitrogen and oxygen atoms in total. The molecule has 1 aromatic rings. The van der Waals surface area contributed by atoms with Crippen LogP contribution in [0.4, 0.5) is 5.69 Å². The molecule has 0 aromatic heterocycles. The van der Waals surface area contributed by atoms with Gasteiger partial charge in [0.15, 0.2) is 0 Å². The summed E-state index contributed by atoms with van der Waals surface area (Å²) in [7, 11) is 0. The molecule has 92 valence electrons. The van der Waals surface area contributed by atoms with Crippen LogP contribution in [0.25, 0.3) is 0 Å². The van der Waals surface area contributed by atoms with Crippen molar-refractivity contribution in [2.45, 2.75) is 20.3 Å². The summed E-state index contributed by atoms with van der Waals surface area (Å²) in [5.74, 6) is 0. The van der Waals surface area contributed by atoms with E-state index in [-0.39, 0.29) is 12.0 Å². The maximum absolute atomic E-state index is 8.95. The average molecular weight is 297 g/mol. The van der Waals surface area contributed by atoms with Crippen molar-refractivity contribution in [1.29, 1.82) is 5.26 Å². The number of benzene rings is 1. The highest BCUT2D eigenvalue weighted by Crippen LogP contribution is 2.26. The van der Waals surface area contributed by atoms with Crippen LogP contribution in [0.5, 0.6) is 0 Å². The predicted molar refractivity (Wildman–Crippen MR) is 72.8 cm³/mol. The second-order valence-electron chi connectivity index (χ2n) is 4.80. The molecule has 0 saturated heterocycles. The predicted octanol–water partition coefficient (Wildman–Crippen LogP) is 3.14. The van der Waals surface area contributed by atoms with Gasteiger partial charge in [-0.3, -0.25) is 0 Å². The van der Waals surface area contributed by atoms with Crippen LogP contribution in [0.1, 0.15) is 25.8 Å². The highest BCUT2D eigenvalue weighted by Gasteiger charge is 2.17. The summed E-state index contributed by atoms with van der Waals surface area (Å²) < 4.78 is 0.886. The molecule has 0 aliphatic carbocycles. The fourth-order valence-electron chi connectivity index (χ4n) is 1.45. The van der Waals surface area contributed by atoms with E-state index < -0.39 is 0 Å². The number of anilines is 1. The molecule has 0 heterocycles. The minimum Gasteiger partial charge on any atom is -0.396 e. The molecule has 0 aliphatic rings. The summed E-state index contributed by atoms with van der Waals surface area (Å²) in [4.78, 5) is 0. The molecule has 0 aliphatic heterocycles. The van der Waals surface area contributed by atoms with E-state index in [9.17, 15) is 0 Å². The summed E-state index contributed by atoms with van der Waals surface area (Å²) in [5, 5.41) is 21.0. The average Bonchev–Trinajstić information content (AvgIpc) is 2.27. The normalized spacial score (nSPS) is 11.0. The Morgan fingerprint density at radius 2 is 2.18 bits per heavy atom. The summed E-state index contributed by atoms with van der Waals surface area (Å²) in [6.07, 6.45) is 0.758. The largest absolute Gasteiger partial charge is 0.396 e. The minimum atomic E-state index is 0.0437. The van der Waals surface area contributed by atoms with Crippen LogP contribution in [-0.4, -0.2) is 18.3 Å². The highest BCUT2D eigenvalue weighted by atomic mass is 79.9. The van der Waals surface area contributed by atoms with E-state index in [1.54, 1.807) is 12.1 Å². The third-order valence-electron chi connectivity index (χ3n) is 2.64. The van der Waals surface area contributed by atoms with Crippen LogP contribution in [0, 0.1) is 16.7 Å². The Morgan fingerprint density at radius 1 is 1.47 bits per heavy atom. The van der Waals surface area contributed by atoms with Gasteiger partial charge in [0.05, 0.1) is 11.6 Å². The van der Waals surface area contributed by atoms with E-state index in [2.05, 4.69) is 41.2 Å². The fourth-order valence-corrected chi connectivity index (χ4v) is 1.97. The van der Waals surface area contributed by atoms with E-state index >= 15 is 0 Å². The molecule has 4 heteroatoms. The fraction of sp³-hybridized carbons (Fsp3) is 0.462. The van der Waals surface area contributed by atoms with Gasteiger partial charge in [0, 0.05) is 23.3 Å². The lowest BCUT2D eigenvalue weighted by Gasteiger charge is -2.24. The zero-order valence-corrected chi connectivity index (χ0v) is 11.7. The van der Waals surface area contributed by atoms with Gasteiger partial charge in [0.25, 0.3) is 0 Å². The number of aliphatic hydroxyl groups is 1. The van der Waals surface area contributed by atoms with Gasteiger partial charge in [0.1, 0.15) is 0 Å². The first-order valence-corrected chi connectivity index (χ1v) is 6.32. The molecule has 1 rings (SSSR count). The van der Waals surface area contributed by atoms with Gasteiger partial charge in [-0.1, -0.05) is 13.8 Å². The number of aliphatic hydroxyl groups excluding tert-OH is 1. The van der Waals surface area contributed by atoms with Gasteiger partial charge in [-0.05, 0) is 46.0 Å². The molecule has 0 fully saturated rings. The van der Waals surface area contributed by atoms with Crippen molar-refractivity contribution in [3.8, 4) is 6.07 Å². The zero-order chi connectivity index (χ0) is 12.9. The number of nitriles is 1. The molecule has 0 unspecified atom stereocenters. The van der Waals surface area contributed by atoms with Crippen molar-refractivity contribution in [2.24, 2.45) is 5.41 Å². The molecular formula is C13H17BrN2O. The summed E-state index contributed by atoms with van der Waals surface area (Å²) in [6, 6.07) is 7.56. The number of nitrogens with zero attached hydrogens (tertiary/aromatic N) is 1. The number of rotatable bonds is 5. The first kappa shape index (κ1) is 14.0. The van der Waals surface area contributed by atoms with Crippen LogP contribution in [0.2, 0.25) is 0 Å². The molecule has 1 aromatic carbocycles. The molecule has 0 amide bonds. The Morgan fingerprint density at radius 3 is 2.71 bits per heavy atom. The number of halogens is 1. The lowest BCUT2D eigenvalue weighted by atomic mass is 9.89. The van der Waals surface area contributed by atoms with Crippen LogP contribution >= 0.6 is 15.9 Å². The van der Waals surface area contributed by atoms with E-state index in [4.69, 9.17) is 10.4 Å². The second-order valence-corrected chi connectivity index (χ2v) is 5.65. The molecule has 0 atom stereocenters. The summed E-state index contributed by atoms with van der Waals surface area (Å²) in [5.41, 5.74) is 1.65. The molecule has 0 saturated carbocycles. The van der Waals surface area contributed by atoms with Crippen molar-refractivity contribution < 1.29 is 5.11 Å². The second kappa shape index (κ2) is 6.04. The van der Waals surface area contributed by atoms with E-state index in [1.807, 2.05) is 6.07 Å². The van der Waals surface area contributed by atoms with Crippen molar-refractivity contribution >= 4 is 21.6 Å². The van der Waals surface area contributed by atoms with Gasteiger partial charge in [0.2, 0.25) is 0 Å². The van der Waals surface area contributed by atoms with Gasteiger partial charge < -0.3 is 10.4 Å². The van der Waals surface area contributed by atoms with Gasteiger partial charge in [-0.2, -0.15) is 5.26 Å². The molecule has 0 spiro atoms. The Bertz CT molecular complexity index is 424. The van der Waals surface area contributed by atoms with Crippen molar-refractivity contribution in [3.63, 3.8) is 0 Å². The SMILES string of the molecule is CC(C)(CCO)CNc1ccc(C#N)cc1Br. The third-order valence-corrected chi connectivity index (χ3v) is 3.30. The summed E-state index contributed by atoms with van der Waals surface area (Å²) in [6.45, 7) is 5.18. The Hall–Kier alpha value is -1.05. The quantitative estimate of drug-likeness (QED) is 0.878. The van der Waals surface area contributed by atoms with Gasteiger partial charge >= 0.3 is 0 Å². The van der Waals surface area contributed by atoms with E-state index in [0.29, 0.717) is 5.56 Å². The van der Waals surface area contributed by atoms with Gasteiger partial charge in [-0.25, -0.2) is 0 Å². The third kappa shape index (κ3) is 4.37. The van der Waals surface area contributed by atoms with E-state index in [1.165, 1.54) is 0 Å². The van der Waals surface area contributed by atoms with E-state index in [0.717, 1.165) is 23.1 Å². The first-order valence-electron chi connectivity index (χ1n) is 5.53. The maximum atomic E-state index is 8.95. The Labute approximate surface area is 111 Å². The topological polar surface area (TPSA) is 56.0 Å². The van der Waals surface area contributed by atoms with Gasteiger partial charge in [-0.15, -0.1) is 0 Å². The molecular weight excluding hydrogens is 280 g/mol. The van der Waals surface area contributed by atoms with Crippen molar-refractivity contribution in [3.05, 3.63) is 28.2 Å². The number of nitrogens with one attached hydrogen (secondary N) is 1. The molecule has 2 N–H and O–H groups in total.